The lowest BCUT2D eigenvalue weighted by atomic mass is 10.2. The number of halogens is 2. The van der Waals surface area contributed by atoms with Crippen LogP contribution in [0.3, 0.4) is 0 Å². The highest BCUT2D eigenvalue weighted by Gasteiger charge is 2.11. The van der Waals surface area contributed by atoms with Crippen LogP contribution in [0, 0.1) is 10.1 Å². The molecule has 2 rings (SSSR count). The van der Waals surface area contributed by atoms with Crippen molar-refractivity contribution in [3.8, 4) is 5.75 Å². The topological polar surface area (TPSA) is 105 Å². The first-order valence-electron chi connectivity index (χ1n) is 6.14. The molecule has 0 unspecified atom stereocenters. The van der Waals surface area contributed by atoms with Crippen LogP contribution in [-0.2, 0) is 0 Å². The Hall–Kier alpha value is -2.26. The SMILES string of the molecule is O=C(N/N=C/c1cc(Br)cc(Br)c1O)c1cccc([N+](=O)[O-])c1. The molecular formula is C14H9Br2N3O4. The van der Waals surface area contributed by atoms with Gasteiger partial charge in [0.2, 0.25) is 0 Å². The van der Waals surface area contributed by atoms with E-state index in [2.05, 4.69) is 42.4 Å². The zero-order chi connectivity index (χ0) is 17.0. The molecule has 2 aromatic carbocycles. The number of non-ortho nitro benzene ring substituents is 1. The molecule has 9 heteroatoms. The maximum atomic E-state index is 11.9. The quantitative estimate of drug-likeness (QED) is 0.428. The average molecular weight is 443 g/mol. The molecule has 0 spiro atoms. The van der Waals surface area contributed by atoms with Gasteiger partial charge in [0.05, 0.1) is 15.6 Å². The number of benzene rings is 2. The minimum Gasteiger partial charge on any atom is -0.506 e. The number of nitrogens with one attached hydrogen (secondary N) is 1. The second-order valence-electron chi connectivity index (χ2n) is 4.33. The molecule has 0 aliphatic rings. The Morgan fingerprint density at radius 2 is 2.04 bits per heavy atom. The monoisotopic (exact) mass is 441 g/mol. The number of carbonyl (C=O) groups is 1. The Bertz CT molecular complexity index is 809. The van der Waals surface area contributed by atoms with E-state index in [1.165, 1.54) is 24.4 Å². The zero-order valence-corrected chi connectivity index (χ0v) is 14.5. The van der Waals surface area contributed by atoms with Crippen molar-refractivity contribution in [1.29, 1.82) is 0 Å². The van der Waals surface area contributed by atoms with Crippen molar-refractivity contribution in [2.24, 2.45) is 5.10 Å². The number of carbonyl (C=O) groups excluding carboxylic acids is 1. The Kier molecular flexibility index (Phi) is 5.45. The number of nitrogens with zero attached hydrogens (tertiary/aromatic N) is 2. The summed E-state index contributed by atoms with van der Waals surface area (Å²) < 4.78 is 1.19. The lowest BCUT2D eigenvalue weighted by molar-refractivity contribution is -0.384. The van der Waals surface area contributed by atoms with Crippen LogP contribution in [0.2, 0.25) is 0 Å². The maximum absolute atomic E-state index is 11.9. The Morgan fingerprint density at radius 1 is 1.30 bits per heavy atom. The van der Waals surface area contributed by atoms with E-state index in [9.17, 15) is 20.0 Å². The molecule has 0 fully saturated rings. The molecule has 23 heavy (non-hydrogen) atoms. The number of nitro groups is 1. The fourth-order valence-corrected chi connectivity index (χ4v) is 2.93. The summed E-state index contributed by atoms with van der Waals surface area (Å²) in [6.07, 6.45) is 1.26. The molecule has 0 aliphatic carbocycles. The standard InChI is InChI=1S/C14H9Br2N3O4/c15-10-4-9(13(20)12(16)6-10)7-17-18-14(21)8-2-1-3-11(5-8)19(22)23/h1-7,20H,(H,18,21)/b17-7+. The van der Waals surface area contributed by atoms with Crippen LogP contribution >= 0.6 is 31.9 Å². The smallest absolute Gasteiger partial charge is 0.271 e. The molecule has 2 aromatic rings. The summed E-state index contributed by atoms with van der Waals surface area (Å²) in [4.78, 5) is 22.0. The van der Waals surface area contributed by atoms with E-state index in [-0.39, 0.29) is 17.0 Å². The largest absolute Gasteiger partial charge is 0.506 e. The van der Waals surface area contributed by atoms with Crippen LogP contribution in [0.5, 0.6) is 5.75 Å². The number of nitro benzene ring substituents is 1. The predicted molar refractivity (Wildman–Crippen MR) is 91.7 cm³/mol. The maximum Gasteiger partial charge on any atom is 0.271 e. The van der Waals surface area contributed by atoms with E-state index in [4.69, 9.17) is 0 Å². The zero-order valence-electron chi connectivity index (χ0n) is 11.4. The van der Waals surface area contributed by atoms with Crippen LogP contribution < -0.4 is 5.43 Å². The predicted octanol–water partition coefficient (Wildman–Crippen LogP) is 3.59. The first-order valence-corrected chi connectivity index (χ1v) is 7.73. The molecule has 2 N–H and O–H groups in total. The third-order valence-electron chi connectivity index (χ3n) is 2.75. The number of aromatic hydroxyl groups is 1. The molecule has 0 atom stereocenters. The van der Waals surface area contributed by atoms with Gasteiger partial charge in [-0.1, -0.05) is 22.0 Å². The van der Waals surface area contributed by atoms with Gasteiger partial charge in [0, 0.05) is 27.7 Å². The average Bonchev–Trinajstić information content (AvgIpc) is 2.51. The van der Waals surface area contributed by atoms with E-state index in [0.29, 0.717) is 14.5 Å². The summed E-state index contributed by atoms with van der Waals surface area (Å²) in [5, 5.41) is 24.3. The van der Waals surface area contributed by atoms with Crippen molar-refractivity contribution in [3.05, 3.63) is 66.6 Å². The molecule has 0 aromatic heterocycles. The molecule has 0 radical (unpaired) electrons. The highest BCUT2D eigenvalue weighted by Crippen LogP contribution is 2.30. The fourth-order valence-electron chi connectivity index (χ4n) is 1.67. The number of phenols is 1. The van der Waals surface area contributed by atoms with Gasteiger partial charge in [-0.05, 0) is 34.1 Å². The minimum atomic E-state index is -0.599. The first kappa shape index (κ1) is 17.1. The number of amides is 1. The minimum absolute atomic E-state index is 0.0263. The van der Waals surface area contributed by atoms with Crippen LogP contribution in [0.4, 0.5) is 5.69 Å². The Labute approximate surface area is 147 Å². The molecule has 0 heterocycles. The van der Waals surface area contributed by atoms with Crippen molar-refractivity contribution in [2.75, 3.05) is 0 Å². The second-order valence-corrected chi connectivity index (χ2v) is 6.10. The highest BCUT2D eigenvalue weighted by atomic mass is 79.9. The molecule has 0 saturated heterocycles. The molecule has 0 bridgehead atoms. The molecule has 0 aliphatic heterocycles. The van der Waals surface area contributed by atoms with Gasteiger partial charge < -0.3 is 5.11 Å². The Morgan fingerprint density at radius 3 is 2.74 bits per heavy atom. The van der Waals surface area contributed by atoms with Gasteiger partial charge in [0.15, 0.2) is 0 Å². The first-order chi connectivity index (χ1) is 10.9. The van der Waals surface area contributed by atoms with Gasteiger partial charge in [-0.3, -0.25) is 14.9 Å². The van der Waals surface area contributed by atoms with Crippen molar-refractivity contribution in [1.82, 2.24) is 5.43 Å². The number of phenolic OH excluding ortho intramolecular Hbond substituents is 1. The van der Waals surface area contributed by atoms with Gasteiger partial charge in [0.25, 0.3) is 11.6 Å². The van der Waals surface area contributed by atoms with Crippen LogP contribution in [-0.4, -0.2) is 22.2 Å². The van der Waals surface area contributed by atoms with Crippen molar-refractivity contribution in [2.45, 2.75) is 0 Å². The summed E-state index contributed by atoms with van der Waals surface area (Å²) in [7, 11) is 0. The highest BCUT2D eigenvalue weighted by molar-refractivity contribution is 9.11. The van der Waals surface area contributed by atoms with Gasteiger partial charge in [-0.2, -0.15) is 5.10 Å². The fraction of sp³-hybridized carbons (Fsp3) is 0. The Balaban J connectivity index is 2.13. The summed E-state index contributed by atoms with van der Waals surface area (Å²) in [5.41, 5.74) is 2.55. The summed E-state index contributed by atoms with van der Waals surface area (Å²) in [5.74, 6) is -0.625. The van der Waals surface area contributed by atoms with Crippen molar-refractivity contribution >= 4 is 49.7 Å². The summed E-state index contributed by atoms with van der Waals surface area (Å²) in [6, 6.07) is 8.56. The normalized spacial score (nSPS) is 10.7. The molecule has 118 valence electrons. The molecular weight excluding hydrogens is 434 g/mol. The summed E-state index contributed by atoms with van der Waals surface area (Å²) in [6.45, 7) is 0. The van der Waals surface area contributed by atoms with Crippen LogP contribution in [0.25, 0.3) is 0 Å². The molecule has 1 amide bonds. The van der Waals surface area contributed by atoms with Crippen molar-refractivity contribution in [3.63, 3.8) is 0 Å². The van der Waals surface area contributed by atoms with E-state index in [0.717, 1.165) is 6.07 Å². The van der Waals surface area contributed by atoms with E-state index >= 15 is 0 Å². The summed E-state index contributed by atoms with van der Waals surface area (Å²) >= 11 is 6.46. The third kappa shape index (κ3) is 4.36. The number of hydrogen-bond acceptors (Lipinski definition) is 5. The van der Waals surface area contributed by atoms with E-state index < -0.39 is 10.8 Å². The van der Waals surface area contributed by atoms with E-state index in [1.54, 1.807) is 12.1 Å². The number of hydrazone groups is 1. The second kappa shape index (κ2) is 7.34. The van der Waals surface area contributed by atoms with Crippen molar-refractivity contribution < 1.29 is 14.8 Å². The lowest BCUT2D eigenvalue weighted by Gasteiger charge is -2.03. The van der Waals surface area contributed by atoms with Crippen LogP contribution in [0.15, 0.2) is 50.4 Å². The molecule has 7 nitrogen and oxygen atoms in total. The molecule has 0 saturated carbocycles. The number of rotatable bonds is 4. The van der Waals surface area contributed by atoms with Gasteiger partial charge >= 0.3 is 0 Å². The van der Waals surface area contributed by atoms with Gasteiger partial charge in [-0.15, -0.1) is 0 Å². The number of hydrogen-bond donors (Lipinski definition) is 2. The third-order valence-corrected chi connectivity index (χ3v) is 3.81. The van der Waals surface area contributed by atoms with Gasteiger partial charge in [-0.25, -0.2) is 5.43 Å². The van der Waals surface area contributed by atoms with E-state index in [1.807, 2.05) is 0 Å². The van der Waals surface area contributed by atoms with Crippen LogP contribution in [0.1, 0.15) is 15.9 Å². The van der Waals surface area contributed by atoms with Gasteiger partial charge in [0.1, 0.15) is 5.75 Å². The lowest BCUT2D eigenvalue weighted by Crippen LogP contribution is -2.17.